The van der Waals surface area contributed by atoms with Crippen LogP contribution in [0.2, 0.25) is 0 Å². The molecule has 0 aliphatic carbocycles. The molecule has 0 bridgehead atoms. The molecular weight excluding hydrogens is 503 g/mol. The molecule has 2 aromatic carbocycles. The van der Waals surface area contributed by atoms with Crippen molar-refractivity contribution in [2.75, 3.05) is 38.7 Å². The predicted octanol–water partition coefficient (Wildman–Crippen LogP) is 4.56. The molecule has 6 nitrogen and oxygen atoms in total. The van der Waals surface area contributed by atoms with Crippen LogP contribution in [0.4, 0.5) is 5.69 Å². The molecule has 1 aliphatic heterocycles. The van der Waals surface area contributed by atoms with E-state index in [2.05, 4.69) is 45.6 Å². The summed E-state index contributed by atoms with van der Waals surface area (Å²) in [7, 11) is 3.53. The second-order valence-corrected chi connectivity index (χ2v) is 7.73. The second kappa shape index (κ2) is 10.7. The fourth-order valence-electron chi connectivity index (χ4n) is 4.13. The number of hydrogen-bond acceptors (Lipinski definition) is 4. The number of anilines is 1. The molecular formula is C24H31IN4O2. The van der Waals surface area contributed by atoms with E-state index in [0.717, 1.165) is 49.1 Å². The zero-order valence-corrected chi connectivity index (χ0v) is 20.7. The summed E-state index contributed by atoms with van der Waals surface area (Å²) in [5.41, 5.74) is 3.28. The minimum Gasteiger partial charge on any atom is -0.495 e. The Bertz CT molecular complexity index is 1030. The van der Waals surface area contributed by atoms with Crippen LogP contribution in [0.1, 0.15) is 17.7 Å². The van der Waals surface area contributed by atoms with Crippen LogP contribution in [0.3, 0.4) is 0 Å². The minimum absolute atomic E-state index is 0. The van der Waals surface area contributed by atoms with Crippen LogP contribution in [0.5, 0.6) is 5.75 Å². The van der Waals surface area contributed by atoms with Gasteiger partial charge in [-0.3, -0.25) is 4.99 Å². The number of benzene rings is 2. The molecule has 0 radical (unpaired) electrons. The lowest BCUT2D eigenvalue weighted by Crippen LogP contribution is -2.40. The molecule has 31 heavy (non-hydrogen) atoms. The van der Waals surface area contributed by atoms with Crippen LogP contribution in [-0.2, 0) is 6.54 Å². The van der Waals surface area contributed by atoms with E-state index in [1.54, 1.807) is 14.2 Å². The third kappa shape index (κ3) is 5.26. The number of hydrogen-bond donors (Lipinski definition) is 2. The van der Waals surface area contributed by atoms with Crippen molar-refractivity contribution in [3.63, 3.8) is 0 Å². The van der Waals surface area contributed by atoms with Crippen molar-refractivity contribution >= 4 is 46.6 Å². The molecule has 0 spiro atoms. The van der Waals surface area contributed by atoms with Crippen molar-refractivity contribution < 1.29 is 9.15 Å². The Morgan fingerprint density at radius 2 is 1.94 bits per heavy atom. The van der Waals surface area contributed by atoms with E-state index in [4.69, 9.17) is 9.15 Å². The largest absolute Gasteiger partial charge is 0.495 e. The van der Waals surface area contributed by atoms with E-state index in [0.29, 0.717) is 12.5 Å². The summed E-state index contributed by atoms with van der Waals surface area (Å²) in [5.74, 6) is 3.24. The van der Waals surface area contributed by atoms with Gasteiger partial charge in [-0.2, -0.15) is 0 Å². The Kier molecular flexibility index (Phi) is 8.06. The van der Waals surface area contributed by atoms with Crippen molar-refractivity contribution in [2.24, 2.45) is 10.9 Å². The molecule has 1 unspecified atom stereocenters. The van der Waals surface area contributed by atoms with Gasteiger partial charge in [0.05, 0.1) is 19.3 Å². The Morgan fingerprint density at radius 3 is 2.71 bits per heavy atom. The highest BCUT2D eigenvalue weighted by Crippen LogP contribution is 2.31. The Balaban J connectivity index is 0.00000272. The Labute approximate surface area is 201 Å². The second-order valence-electron chi connectivity index (χ2n) is 7.73. The molecule has 1 saturated heterocycles. The molecule has 0 saturated carbocycles. The van der Waals surface area contributed by atoms with Gasteiger partial charge in [0.2, 0.25) is 0 Å². The number of aliphatic imine (C=N–C) groups is 1. The summed E-state index contributed by atoms with van der Waals surface area (Å²) in [6, 6.07) is 16.4. The van der Waals surface area contributed by atoms with E-state index < -0.39 is 0 Å². The summed E-state index contributed by atoms with van der Waals surface area (Å²) in [4.78, 5) is 6.77. The third-order valence-electron chi connectivity index (χ3n) is 5.85. The van der Waals surface area contributed by atoms with Crippen LogP contribution in [0.25, 0.3) is 11.0 Å². The fraction of sp³-hybridized carbons (Fsp3) is 0.375. The molecule has 3 aromatic rings. The molecule has 0 amide bonds. The predicted molar refractivity (Wildman–Crippen MR) is 138 cm³/mol. The zero-order valence-electron chi connectivity index (χ0n) is 18.4. The average molecular weight is 534 g/mol. The smallest absolute Gasteiger partial charge is 0.191 e. The molecule has 166 valence electrons. The number of guanidine groups is 1. The van der Waals surface area contributed by atoms with Crippen LogP contribution >= 0.6 is 24.0 Å². The first kappa shape index (κ1) is 23.2. The van der Waals surface area contributed by atoms with Gasteiger partial charge in [-0.25, -0.2) is 0 Å². The van der Waals surface area contributed by atoms with E-state index in [1.165, 1.54) is 16.6 Å². The summed E-state index contributed by atoms with van der Waals surface area (Å²) < 4.78 is 11.5. The first-order valence-corrected chi connectivity index (χ1v) is 10.5. The molecule has 1 fully saturated rings. The first-order valence-electron chi connectivity index (χ1n) is 10.5. The lowest BCUT2D eigenvalue weighted by atomic mass is 10.1. The van der Waals surface area contributed by atoms with Crippen molar-refractivity contribution in [1.29, 1.82) is 0 Å². The van der Waals surface area contributed by atoms with E-state index in [-0.39, 0.29) is 24.0 Å². The summed E-state index contributed by atoms with van der Waals surface area (Å²) >= 11 is 0. The van der Waals surface area contributed by atoms with Crippen LogP contribution in [0.15, 0.2) is 57.9 Å². The van der Waals surface area contributed by atoms with Crippen LogP contribution in [0, 0.1) is 12.8 Å². The van der Waals surface area contributed by atoms with Crippen molar-refractivity contribution in [3.8, 4) is 5.75 Å². The molecule has 2 heterocycles. The standard InChI is InChI=1S/C24H30N4O2.HI/c1-17-19-8-4-6-10-21(19)30-23(17)15-27-24(25-2)26-14-18-12-13-28(16-18)20-9-5-7-11-22(20)29-3;/h4-11,18H,12-16H2,1-3H3,(H2,25,26,27);1H. The van der Waals surface area contributed by atoms with E-state index in [1.807, 2.05) is 30.3 Å². The van der Waals surface area contributed by atoms with Crippen molar-refractivity contribution in [1.82, 2.24) is 10.6 Å². The quantitative estimate of drug-likeness (QED) is 0.276. The molecule has 1 aromatic heterocycles. The average Bonchev–Trinajstić information content (AvgIpc) is 3.39. The fourth-order valence-corrected chi connectivity index (χ4v) is 4.13. The summed E-state index contributed by atoms with van der Waals surface area (Å²) in [6.07, 6.45) is 1.14. The molecule has 1 atom stereocenters. The van der Waals surface area contributed by atoms with Crippen LogP contribution in [-0.4, -0.2) is 39.8 Å². The van der Waals surface area contributed by atoms with Crippen LogP contribution < -0.4 is 20.3 Å². The van der Waals surface area contributed by atoms with Gasteiger partial charge >= 0.3 is 0 Å². The zero-order chi connectivity index (χ0) is 20.9. The number of fused-ring (bicyclic) bond motifs is 1. The first-order chi connectivity index (χ1) is 14.7. The van der Waals surface area contributed by atoms with Crippen molar-refractivity contribution in [3.05, 3.63) is 59.9 Å². The van der Waals surface area contributed by atoms with Gasteiger partial charge in [-0.1, -0.05) is 30.3 Å². The Morgan fingerprint density at radius 1 is 1.16 bits per heavy atom. The molecule has 7 heteroatoms. The van der Waals surface area contributed by atoms with Gasteiger partial charge in [-0.05, 0) is 37.5 Å². The molecule has 1 aliphatic rings. The maximum absolute atomic E-state index is 5.99. The lowest BCUT2D eigenvalue weighted by Gasteiger charge is -2.21. The number of aryl methyl sites for hydroxylation is 1. The van der Waals surface area contributed by atoms with Crippen molar-refractivity contribution in [2.45, 2.75) is 19.9 Å². The highest BCUT2D eigenvalue weighted by Gasteiger charge is 2.24. The minimum atomic E-state index is 0. The number of rotatable bonds is 6. The summed E-state index contributed by atoms with van der Waals surface area (Å²) in [6.45, 7) is 5.64. The Hall–Kier alpha value is -2.42. The number of nitrogens with one attached hydrogen (secondary N) is 2. The lowest BCUT2D eigenvalue weighted by molar-refractivity contribution is 0.414. The topological polar surface area (TPSA) is 62.0 Å². The highest BCUT2D eigenvalue weighted by atomic mass is 127. The highest BCUT2D eigenvalue weighted by molar-refractivity contribution is 14.0. The number of ether oxygens (including phenoxy) is 1. The van der Waals surface area contributed by atoms with E-state index >= 15 is 0 Å². The third-order valence-corrected chi connectivity index (χ3v) is 5.85. The molecule has 2 N–H and O–H groups in total. The summed E-state index contributed by atoms with van der Waals surface area (Å²) in [5, 5.41) is 8.03. The van der Waals surface area contributed by atoms with Gasteiger partial charge in [0.25, 0.3) is 0 Å². The number of halogens is 1. The number of nitrogens with zero attached hydrogens (tertiary/aromatic N) is 2. The number of methoxy groups -OCH3 is 1. The SMILES string of the molecule is CN=C(NCc1oc2ccccc2c1C)NCC1CCN(c2ccccc2OC)C1.I. The maximum atomic E-state index is 5.99. The van der Waals surface area contributed by atoms with E-state index in [9.17, 15) is 0 Å². The van der Waals surface area contributed by atoms with Gasteiger partial charge < -0.3 is 24.7 Å². The normalized spacial score (nSPS) is 16.3. The number of furan rings is 1. The van der Waals surface area contributed by atoms with Gasteiger partial charge in [0, 0.05) is 37.6 Å². The maximum Gasteiger partial charge on any atom is 0.191 e. The van der Waals surface area contributed by atoms with Gasteiger partial charge in [0.1, 0.15) is 17.1 Å². The molecule has 4 rings (SSSR count). The monoisotopic (exact) mass is 534 g/mol. The van der Waals surface area contributed by atoms with Gasteiger partial charge in [-0.15, -0.1) is 24.0 Å². The number of para-hydroxylation sites is 3. The van der Waals surface area contributed by atoms with Gasteiger partial charge in [0.15, 0.2) is 5.96 Å².